The zero-order valence-corrected chi connectivity index (χ0v) is 12.9. The Bertz CT molecular complexity index is 222. The van der Waals surface area contributed by atoms with E-state index in [0.29, 0.717) is 6.04 Å². The molecule has 1 rings (SSSR count). The van der Waals surface area contributed by atoms with E-state index in [1.165, 1.54) is 51.7 Å². The molecule has 2 N–H and O–H groups in total. The Kier molecular flexibility index (Phi) is 6.61. The minimum absolute atomic E-state index is 0.261. The summed E-state index contributed by atoms with van der Waals surface area (Å²) in [5, 5.41) is 0. The van der Waals surface area contributed by atoms with Crippen LogP contribution in [0.3, 0.4) is 0 Å². The van der Waals surface area contributed by atoms with Gasteiger partial charge < -0.3 is 10.6 Å². The molecule has 0 aliphatic carbocycles. The third-order valence-corrected chi connectivity index (χ3v) is 4.78. The molecule has 1 aliphatic rings. The van der Waals surface area contributed by atoms with Gasteiger partial charge in [-0.3, -0.25) is 4.90 Å². The molecule has 0 aromatic heterocycles. The number of nitrogens with zero attached hydrogens (tertiary/aromatic N) is 2. The highest BCUT2D eigenvalue weighted by Gasteiger charge is 2.39. The fraction of sp³-hybridized carbons (Fsp3) is 1.00. The van der Waals surface area contributed by atoms with Crippen LogP contribution in [0, 0.1) is 0 Å². The number of hydrogen-bond donors (Lipinski definition) is 1. The average Bonchev–Trinajstić information content (AvgIpc) is 2.41. The van der Waals surface area contributed by atoms with Crippen LogP contribution >= 0.6 is 0 Å². The molecule has 1 fully saturated rings. The van der Waals surface area contributed by atoms with E-state index in [4.69, 9.17) is 5.73 Å². The first-order chi connectivity index (χ1) is 8.59. The Balaban J connectivity index is 2.78. The molecule has 0 saturated carbocycles. The lowest BCUT2D eigenvalue weighted by Crippen LogP contribution is -2.61. The van der Waals surface area contributed by atoms with Crippen molar-refractivity contribution in [1.29, 1.82) is 0 Å². The Morgan fingerprint density at radius 3 is 2.33 bits per heavy atom. The summed E-state index contributed by atoms with van der Waals surface area (Å²) in [6.07, 6.45) is 6.25. The zero-order valence-electron chi connectivity index (χ0n) is 12.9. The third-order valence-electron chi connectivity index (χ3n) is 4.78. The topological polar surface area (TPSA) is 32.5 Å². The lowest BCUT2D eigenvalue weighted by Gasteiger charge is -2.50. The number of nitrogens with two attached hydrogens (primary N) is 1. The molecule has 0 radical (unpaired) electrons. The molecule has 0 aromatic carbocycles. The van der Waals surface area contributed by atoms with Gasteiger partial charge in [0.1, 0.15) is 0 Å². The molecule has 3 heteroatoms. The molecule has 0 spiro atoms. The highest BCUT2D eigenvalue weighted by molar-refractivity contribution is 4.97. The maximum Gasteiger partial charge on any atom is 0.0358 e. The summed E-state index contributed by atoms with van der Waals surface area (Å²) < 4.78 is 0. The van der Waals surface area contributed by atoms with Crippen LogP contribution in [0.4, 0.5) is 0 Å². The van der Waals surface area contributed by atoms with E-state index >= 15 is 0 Å². The first-order valence-corrected chi connectivity index (χ1v) is 7.75. The molecule has 1 atom stereocenters. The second-order valence-electron chi connectivity index (χ2n) is 6.04. The lowest BCUT2D eigenvalue weighted by atomic mass is 9.84. The molecule has 1 aliphatic heterocycles. The number of piperidine rings is 1. The number of rotatable bonds is 7. The molecule has 0 bridgehead atoms. The number of unbranched alkanes of at least 4 members (excludes halogenated alkanes) is 1. The van der Waals surface area contributed by atoms with Gasteiger partial charge in [0.2, 0.25) is 0 Å². The number of hydrogen-bond acceptors (Lipinski definition) is 3. The summed E-state index contributed by atoms with van der Waals surface area (Å²) in [4.78, 5) is 5.16. The zero-order chi connectivity index (χ0) is 13.6. The van der Waals surface area contributed by atoms with E-state index in [1.54, 1.807) is 0 Å². The summed E-state index contributed by atoms with van der Waals surface area (Å²) in [5.41, 5.74) is 6.45. The first kappa shape index (κ1) is 15.9. The Labute approximate surface area is 114 Å². The highest BCUT2D eigenvalue weighted by Crippen LogP contribution is 2.30. The largest absolute Gasteiger partial charge is 0.329 e. The summed E-state index contributed by atoms with van der Waals surface area (Å²) in [7, 11) is 2.22. The van der Waals surface area contributed by atoms with Crippen LogP contribution in [0.5, 0.6) is 0 Å². The van der Waals surface area contributed by atoms with Crippen LogP contribution in [0.15, 0.2) is 0 Å². The summed E-state index contributed by atoms with van der Waals surface area (Å²) in [5.74, 6) is 0. The number of likely N-dealkylation sites (tertiary alicyclic amines) is 1. The minimum Gasteiger partial charge on any atom is -0.329 e. The third kappa shape index (κ3) is 3.69. The quantitative estimate of drug-likeness (QED) is 0.758. The van der Waals surface area contributed by atoms with Gasteiger partial charge in [0.15, 0.2) is 0 Å². The Morgan fingerprint density at radius 2 is 1.89 bits per heavy atom. The minimum atomic E-state index is 0.261. The maximum absolute atomic E-state index is 6.19. The van der Waals surface area contributed by atoms with E-state index in [0.717, 1.165) is 6.54 Å². The lowest BCUT2D eigenvalue weighted by molar-refractivity contribution is 0.00426. The predicted octanol–water partition coefficient (Wildman–Crippen LogP) is 2.31. The van der Waals surface area contributed by atoms with Crippen LogP contribution < -0.4 is 5.73 Å². The van der Waals surface area contributed by atoms with Crippen LogP contribution in [0.1, 0.15) is 52.9 Å². The van der Waals surface area contributed by atoms with Crippen molar-refractivity contribution in [3.63, 3.8) is 0 Å². The molecule has 108 valence electrons. The van der Waals surface area contributed by atoms with Crippen molar-refractivity contribution in [1.82, 2.24) is 9.80 Å². The van der Waals surface area contributed by atoms with Gasteiger partial charge in [-0.1, -0.05) is 20.3 Å². The fourth-order valence-corrected chi connectivity index (χ4v) is 3.12. The maximum atomic E-state index is 6.19. The summed E-state index contributed by atoms with van der Waals surface area (Å²) >= 11 is 0. The molecule has 3 nitrogen and oxygen atoms in total. The fourth-order valence-electron chi connectivity index (χ4n) is 3.12. The van der Waals surface area contributed by atoms with Crippen molar-refractivity contribution in [2.75, 3.05) is 33.2 Å². The molecule has 1 heterocycles. The van der Waals surface area contributed by atoms with E-state index in [9.17, 15) is 0 Å². The smallest absolute Gasteiger partial charge is 0.0358 e. The van der Waals surface area contributed by atoms with Crippen molar-refractivity contribution in [2.45, 2.75) is 64.5 Å². The van der Waals surface area contributed by atoms with Crippen molar-refractivity contribution in [3.8, 4) is 0 Å². The molecular weight excluding hydrogens is 222 g/mol. The summed E-state index contributed by atoms with van der Waals surface area (Å²) in [6, 6.07) is 0.656. The van der Waals surface area contributed by atoms with E-state index in [2.05, 4.69) is 37.6 Å². The van der Waals surface area contributed by atoms with Crippen LogP contribution in [0.2, 0.25) is 0 Å². The monoisotopic (exact) mass is 255 g/mol. The van der Waals surface area contributed by atoms with Crippen LogP contribution in [-0.2, 0) is 0 Å². The van der Waals surface area contributed by atoms with Gasteiger partial charge in [-0.05, 0) is 59.3 Å². The normalized spacial score (nSPS) is 22.3. The molecule has 0 amide bonds. The molecule has 0 aromatic rings. The van der Waals surface area contributed by atoms with Crippen LogP contribution in [-0.4, -0.2) is 54.6 Å². The summed E-state index contributed by atoms with van der Waals surface area (Å²) in [6.45, 7) is 11.3. The van der Waals surface area contributed by atoms with Crippen molar-refractivity contribution < 1.29 is 0 Å². The SMILES string of the molecule is CCCCN(C(C)CC)C1(CN)CCN(C)CC1. The van der Waals surface area contributed by atoms with E-state index in [1.807, 2.05) is 0 Å². The van der Waals surface area contributed by atoms with Crippen molar-refractivity contribution >= 4 is 0 Å². The first-order valence-electron chi connectivity index (χ1n) is 7.75. The standard InChI is InChI=1S/C15H33N3/c1-5-7-10-18(14(3)6-2)15(13-16)8-11-17(4)12-9-15/h14H,5-13,16H2,1-4H3. The van der Waals surface area contributed by atoms with Gasteiger partial charge >= 0.3 is 0 Å². The van der Waals surface area contributed by atoms with Gasteiger partial charge in [-0.2, -0.15) is 0 Å². The molecule has 1 saturated heterocycles. The predicted molar refractivity (Wildman–Crippen MR) is 79.9 cm³/mol. The van der Waals surface area contributed by atoms with Gasteiger partial charge in [0.25, 0.3) is 0 Å². The Morgan fingerprint density at radius 1 is 1.28 bits per heavy atom. The average molecular weight is 255 g/mol. The molecule has 1 unspecified atom stereocenters. The van der Waals surface area contributed by atoms with Crippen molar-refractivity contribution in [3.05, 3.63) is 0 Å². The van der Waals surface area contributed by atoms with E-state index < -0.39 is 0 Å². The van der Waals surface area contributed by atoms with Crippen molar-refractivity contribution in [2.24, 2.45) is 5.73 Å². The second-order valence-corrected chi connectivity index (χ2v) is 6.04. The molecule has 18 heavy (non-hydrogen) atoms. The highest BCUT2D eigenvalue weighted by atomic mass is 15.3. The van der Waals surface area contributed by atoms with Crippen LogP contribution in [0.25, 0.3) is 0 Å². The molecular formula is C15H33N3. The van der Waals surface area contributed by atoms with Gasteiger partial charge in [0.05, 0.1) is 0 Å². The van der Waals surface area contributed by atoms with Gasteiger partial charge in [0, 0.05) is 18.1 Å². The van der Waals surface area contributed by atoms with E-state index in [-0.39, 0.29) is 5.54 Å². The Hall–Kier alpha value is -0.120. The van der Waals surface area contributed by atoms with Gasteiger partial charge in [-0.15, -0.1) is 0 Å². The van der Waals surface area contributed by atoms with Gasteiger partial charge in [-0.25, -0.2) is 0 Å². The second kappa shape index (κ2) is 7.46.